The van der Waals surface area contributed by atoms with Crippen molar-refractivity contribution in [1.29, 1.82) is 0 Å². The fraction of sp³-hybridized carbons (Fsp3) is 0.538. The van der Waals surface area contributed by atoms with Gasteiger partial charge in [-0.1, -0.05) is 62.3 Å². The number of ether oxygens (including phenoxy) is 2. The summed E-state index contributed by atoms with van der Waals surface area (Å²) in [5, 5.41) is 24.2. The third kappa shape index (κ3) is 5.29. The van der Waals surface area contributed by atoms with Crippen LogP contribution in [0.5, 0.6) is 23.0 Å². The zero-order valence-corrected chi connectivity index (χ0v) is 21.9. The molecule has 2 aromatic rings. The molecule has 0 heterocycles. The number of hydrogen-bond acceptors (Lipinski definition) is 4. The Morgan fingerprint density at radius 1 is 0.613 bits per heavy atom. The summed E-state index contributed by atoms with van der Waals surface area (Å²) in [6.07, 6.45) is 0. The molecule has 0 atom stereocenters. The number of benzene rings is 2. The molecule has 172 valence electrons. The predicted octanol–water partition coefficient (Wildman–Crippen LogP) is 5.94. The van der Waals surface area contributed by atoms with Gasteiger partial charge in [-0.25, -0.2) is 0 Å². The van der Waals surface area contributed by atoms with Crippen molar-refractivity contribution in [2.45, 2.75) is 78.3 Å². The minimum atomic E-state index is -1.16. The molecule has 0 aliphatic carbocycles. The average molecular weight is 447 g/mol. The lowest BCUT2D eigenvalue weighted by Crippen LogP contribution is -2.29. The van der Waals surface area contributed by atoms with E-state index in [0.717, 1.165) is 21.7 Å². The normalized spacial score (nSPS) is 12.9. The van der Waals surface area contributed by atoms with Gasteiger partial charge in [0.25, 0.3) is 0 Å². The number of phenols is 2. The summed E-state index contributed by atoms with van der Waals surface area (Å²) in [4.78, 5) is 0. The Balaban J connectivity index is 2.96. The molecule has 0 aromatic heterocycles. The second kappa shape index (κ2) is 8.54. The number of phenolic OH excluding ortho intramolecular Hbond substituents is 2. The SMILES string of the molecule is COc1cc(P(c2cc(OC)cc(C(C)(C)C)c2O)C(C)(C)C)c(O)c(C(C)(C)C)c1. The Hall–Kier alpha value is -1.93. The highest BCUT2D eigenvalue weighted by molar-refractivity contribution is 7.74. The molecule has 31 heavy (non-hydrogen) atoms. The molecule has 4 nitrogen and oxygen atoms in total. The van der Waals surface area contributed by atoms with Gasteiger partial charge >= 0.3 is 0 Å². The molecule has 5 heteroatoms. The van der Waals surface area contributed by atoms with Crippen molar-refractivity contribution in [3.8, 4) is 23.0 Å². The van der Waals surface area contributed by atoms with Crippen LogP contribution in [-0.2, 0) is 10.8 Å². The summed E-state index contributed by atoms with van der Waals surface area (Å²) in [5.41, 5.74) is 1.13. The van der Waals surface area contributed by atoms with Gasteiger partial charge in [0.15, 0.2) is 0 Å². The van der Waals surface area contributed by atoms with Crippen LogP contribution in [0.1, 0.15) is 73.4 Å². The van der Waals surface area contributed by atoms with Gasteiger partial charge in [0.2, 0.25) is 0 Å². The number of aromatic hydroxyl groups is 2. The van der Waals surface area contributed by atoms with E-state index in [4.69, 9.17) is 9.47 Å². The lowest BCUT2D eigenvalue weighted by Gasteiger charge is -2.36. The van der Waals surface area contributed by atoms with Gasteiger partial charge in [0, 0.05) is 21.7 Å². The summed E-state index contributed by atoms with van der Waals surface area (Å²) >= 11 is 0. The van der Waals surface area contributed by atoms with Gasteiger partial charge in [-0.2, -0.15) is 0 Å². The van der Waals surface area contributed by atoms with E-state index in [1.54, 1.807) is 14.2 Å². The maximum atomic E-state index is 11.4. The molecule has 2 N–H and O–H groups in total. The van der Waals surface area contributed by atoms with Gasteiger partial charge < -0.3 is 19.7 Å². The van der Waals surface area contributed by atoms with Crippen LogP contribution in [0.4, 0.5) is 0 Å². The van der Waals surface area contributed by atoms with Gasteiger partial charge in [0.05, 0.1) is 14.2 Å². The molecule has 0 spiro atoms. The van der Waals surface area contributed by atoms with Crippen LogP contribution in [0.15, 0.2) is 24.3 Å². The molecule has 0 amide bonds. The Morgan fingerprint density at radius 3 is 1.16 bits per heavy atom. The van der Waals surface area contributed by atoms with E-state index in [9.17, 15) is 10.2 Å². The largest absolute Gasteiger partial charge is 0.507 e. The van der Waals surface area contributed by atoms with E-state index in [1.165, 1.54) is 0 Å². The topological polar surface area (TPSA) is 58.9 Å². The number of hydrogen-bond donors (Lipinski definition) is 2. The molecule has 0 aliphatic heterocycles. The van der Waals surface area contributed by atoms with E-state index in [1.807, 2.05) is 24.3 Å². The van der Waals surface area contributed by atoms with E-state index >= 15 is 0 Å². The van der Waals surface area contributed by atoms with Gasteiger partial charge in [-0.3, -0.25) is 0 Å². The fourth-order valence-electron chi connectivity index (χ4n) is 3.76. The second-order valence-corrected chi connectivity index (χ2v) is 14.1. The van der Waals surface area contributed by atoms with Crippen molar-refractivity contribution < 1.29 is 19.7 Å². The van der Waals surface area contributed by atoms with Gasteiger partial charge in [-0.15, -0.1) is 0 Å². The Bertz CT molecular complexity index is 872. The monoisotopic (exact) mass is 446 g/mol. The van der Waals surface area contributed by atoms with Crippen LogP contribution >= 0.6 is 7.92 Å². The maximum Gasteiger partial charge on any atom is 0.127 e. The molecule has 0 saturated carbocycles. The van der Waals surface area contributed by atoms with Crippen molar-refractivity contribution >= 4 is 18.5 Å². The van der Waals surface area contributed by atoms with Crippen LogP contribution in [-0.4, -0.2) is 29.6 Å². The zero-order chi connectivity index (χ0) is 23.9. The molecular formula is C26H39O4P. The first-order valence-corrected chi connectivity index (χ1v) is 12.0. The molecular weight excluding hydrogens is 407 g/mol. The molecule has 0 bridgehead atoms. The van der Waals surface area contributed by atoms with Crippen molar-refractivity contribution in [2.24, 2.45) is 0 Å². The van der Waals surface area contributed by atoms with E-state index < -0.39 is 7.92 Å². The van der Waals surface area contributed by atoms with Crippen LogP contribution in [0.25, 0.3) is 0 Å². The summed E-state index contributed by atoms with van der Waals surface area (Å²) in [7, 11) is 2.12. The van der Waals surface area contributed by atoms with Crippen LogP contribution < -0.4 is 20.1 Å². The summed E-state index contributed by atoms with van der Waals surface area (Å²) in [6, 6.07) is 7.64. The summed E-state index contributed by atoms with van der Waals surface area (Å²) in [5.74, 6) is 1.95. The first-order valence-electron chi connectivity index (χ1n) is 10.7. The molecule has 0 fully saturated rings. The van der Waals surface area contributed by atoms with E-state index in [-0.39, 0.29) is 27.5 Å². The molecule has 0 saturated heterocycles. The van der Waals surface area contributed by atoms with Crippen LogP contribution in [0.2, 0.25) is 0 Å². The average Bonchev–Trinajstić information content (AvgIpc) is 2.61. The van der Waals surface area contributed by atoms with E-state index in [2.05, 4.69) is 62.3 Å². The first kappa shape index (κ1) is 25.3. The summed E-state index contributed by atoms with van der Waals surface area (Å²) in [6.45, 7) is 18.9. The van der Waals surface area contributed by atoms with Crippen molar-refractivity contribution in [2.75, 3.05) is 14.2 Å². The highest BCUT2D eigenvalue weighted by Crippen LogP contribution is 2.54. The molecule has 0 unspecified atom stereocenters. The molecule has 2 rings (SSSR count). The third-order valence-corrected chi connectivity index (χ3v) is 8.35. The molecule has 2 aromatic carbocycles. The fourth-order valence-corrected chi connectivity index (χ4v) is 6.64. The van der Waals surface area contributed by atoms with Crippen LogP contribution in [0, 0.1) is 0 Å². The minimum absolute atomic E-state index is 0.243. The third-order valence-electron chi connectivity index (χ3n) is 5.37. The maximum absolute atomic E-state index is 11.4. The highest BCUT2D eigenvalue weighted by Gasteiger charge is 2.36. The number of methoxy groups -OCH3 is 2. The highest BCUT2D eigenvalue weighted by atomic mass is 31.1. The quantitative estimate of drug-likeness (QED) is 0.571. The Morgan fingerprint density at radius 2 is 0.935 bits per heavy atom. The Kier molecular flexibility index (Phi) is 6.98. The standard InChI is InChI=1S/C26H39O4P/c1-24(2,3)18-12-16(29-10)14-20(22(18)27)31(26(7,8)9)21-15-17(30-11)13-19(23(21)28)25(4,5)6/h12-15,27-28H,1-11H3. The lowest BCUT2D eigenvalue weighted by molar-refractivity contribution is 0.406. The van der Waals surface area contributed by atoms with Gasteiger partial charge in [0.1, 0.15) is 23.0 Å². The van der Waals surface area contributed by atoms with Gasteiger partial charge in [-0.05, 0) is 48.2 Å². The smallest absolute Gasteiger partial charge is 0.127 e. The molecule has 0 radical (unpaired) electrons. The van der Waals surface area contributed by atoms with Crippen molar-refractivity contribution in [1.82, 2.24) is 0 Å². The lowest BCUT2D eigenvalue weighted by atomic mass is 9.86. The molecule has 0 aliphatic rings. The minimum Gasteiger partial charge on any atom is -0.507 e. The number of rotatable bonds is 4. The van der Waals surface area contributed by atoms with Crippen molar-refractivity contribution in [3.05, 3.63) is 35.4 Å². The van der Waals surface area contributed by atoms with E-state index in [0.29, 0.717) is 11.5 Å². The Labute approximate surface area is 189 Å². The zero-order valence-electron chi connectivity index (χ0n) is 21.0. The first-order chi connectivity index (χ1) is 14.0. The predicted molar refractivity (Wildman–Crippen MR) is 133 cm³/mol. The second-order valence-electron chi connectivity index (χ2n) is 11.1. The van der Waals surface area contributed by atoms with Crippen LogP contribution in [0.3, 0.4) is 0 Å². The summed E-state index contributed by atoms with van der Waals surface area (Å²) < 4.78 is 11.2. The van der Waals surface area contributed by atoms with Crippen molar-refractivity contribution in [3.63, 3.8) is 0 Å².